The van der Waals surface area contributed by atoms with Crippen LogP contribution in [0.25, 0.3) is 11.1 Å². The van der Waals surface area contributed by atoms with Crippen molar-refractivity contribution >= 4 is 40.7 Å². The van der Waals surface area contributed by atoms with Gasteiger partial charge in [0.1, 0.15) is 0 Å². The van der Waals surface area contributed by atoms with Crippen molar-refractivity contribution in [1.29, 1.82) is 0 Å². The number of benzene rings is 2. The van der Waals surface area contributed by atoms with Gasteiger partial charge in [-0.15, -0.1) is 0 Å². The maximum absolute atomic E-state index is 11.6. The average molecular weight is 418 g/mol. The van der Waals surface area contributed by atoms with Crippen LogP contribution < -0.4 is 9.80 Å². The topological polar surface area (TPSA) is 47.0 Å². The molecule has 0 radical (unpaired) electrons. The maximum atomic E-state index is 11.6. The number of likely N-dealkylation sites (N-methyl/N-ethyl adjacent to an activating group) is 1. The summed E-state index contributed by atoms with van der Waals surface area (Å²) in [6.07, 6.45) is 0.0359. The van der Waals surface area contributed by atoms with E-state index in [2.05, 4.69) is 29.0 Å². The highest BCUT2D eigenvalue weighted by molar-refractivity contribution is 6.36. The first-order valence-corrected chi connectivity index (χ1v) is 10.3. The number of likely N-dealkylation sites (tertiary alicyclic amines) is 1. The minimum atomic E-state index is -0.831. The number of fused-ring (bicyclic) bond motifs is 3. The summed E-state index contributed by atoms with van der Waals surface area (Å²) in [5.41, 5.74) is 5.70. The Morgan fingerprint density at radius 3 is 2.71 bits per heavy atom. The van der Waals surface area contributed by atoms with Gasteiger partial charge in [-0.25, -0.2) is 4.79 Å². The Labute approximate surface area is 174 Å². The molecule has 146 valence electrons. The molecule has 0 spiro atoms. The highest BCUT2D eigenvalue weighted by Crippen LogP contribution is 2.52. The minimum Gasteiger partial charge on any atom is -0.465 e. The van der Waals surface area contributed by atoms with Crippen LogP contribution in [-0.4, -0.2) is 55.4 Å². The van der Waals surface area contributed by atoms with E-state index < -0.39 is 6.09 Å². The predicted octanol–water partition coefficient (Wildman–Crippen LogP) is 4.77. The van der Waals surface area contributed by atoms with Crippen LogP contribution in [0.5, 0.6) is 0 Å². The smallest absolute Gasteiger partial charge is 0.407 e. The van der Waals surface area contributed by atoms with E-state index in [4.69, 9.17) is 23.2 Å². The number of piperidine rings is 1. The first kappa shape index (κ1) is 18.0. The summed E-state index contributed by atoms with van der Waals surface area (Å²) in [7, 11) is 2.12. The molecule has 2 aromatic carbocycles. The molecule has 28 heavy (non-hydrogen) atoms. The van der Waals surface area contributed by atoms with E-state index >= 15 is 0 Å². The molecule has 0 aliphatic carbocycles. The number of hydrogen-bond donors (Lipinski definition) is 1. The lowest BCUT2D eigenvalue weighted by molar-refractivity contribution is 0.127. The lowest BCUT2D eigenvalue weighted by Gasteiger charge is -2.41. The first-order chi connectivity index (χ1) is 13.4. The molecule has 0 unspecified atom stereocenters. The average Bonchev–Trinajstić information content (AvgIpc) is 2.98. The number of anilines is 2. The number of rotatable bonds is 1. The Hall–Kier alpha value is -2.11. The second-order valence-corrected chi connectivity index (χ2v) is 8.71. The molecular formula is C21H21Cl2N3O2. The lowest BCUT2D eigenvalue weighted by atomic mass is 9.87. The zero-order valence-electron chi connectivity index (χ0n) is 15.5. The molecule has 0 bridgehead atoms. The molecule has 1 fully saturated rings. The van der Waals surface area contributed by atoms with Gasteiger partial charge in [-0.1, -0.05) is 29.3 Å². The van der Waals surface area contributed by atoms with Gasteiger partial charge in [0.05, 0.1) is 11.4 Å². The van der Waals surface area contributed by atoms with E-state index in [1.807, 2.05) is 12.1 Å². The second-order valence-electron chi connectivity index (χ2n) is 7.86. The predicted molar refractivity (Wildman–Crippen MR) is 113 cm³/mol. The van der Waals surface area contributed by atoms with Gasteiger partial charge in [-0.2, -0.15) is 0 Å². The largest absolute Gasteiger partial charge is 0.465 e. The van der Waals surface area contributed by atoms with E-state index in [1.165, 1.54) is 16.9 Å². The van der Waals surface area contributed by atoms with E-state index in [9.17, 15) is 9.90 Å². The molecule has 1 N–H and O–H groups in total. The Bertz CT molecular complexity index is 980. The van der Waals surface area contributed by atoms with E-state index in [1.54, 1.807) is 11.0 Å². The first-order valence-electron chi connectivity index (χ1n) is 9.53. The van der Waals surface area contributed by atoms with Crippen molar-refractivity contribution in [2.24, 2.45) is 0 Å². The summed E-state index contributed by atoms with van der Waals surface area (Å²) in [4.78, 5) is 17.9. The number of carboxylic acid groups (broad SMARTS) is 1. The van der Waals surface area contributed by atoms with Crippen LogP contribution in [-0.2, 0) is 0 Å². The van der Waals surface area contributed by atoms with Gasteiger partial charge < -0.3 is 19.8 Å². The fourth-order valence-corrected chi connectivity index (χ4v) is 5.54. The fourth-order valence-electron chi connectivity index (χ4n) is 5.02. The Kier molecular flexibility index (Phi) is 4.14. The molecule has 2 atom stereocenters. The summed E-state index contributed by atoms with van der Waals surface area (Å²) in [6, 6.07) is 10.4. The number of carbonyl (C=O) groups is 1. The van der Waals surface area contributed by atoms with Crippen molar-refractivity contribution in [2.45, 2.75) is 18.4 Å². The standard InChI is InChI=1S/C21H21Cl2N3O2/c1-24-6-7-26-18-4-5-25(21(27)28)11-16(18)15-8-12(9-19(24)20(15)26)14-3-2-13(22)10-17(14)23/h2-3,8-10,16,18H,4-7,11H2,1H3,(H,27,28)/t16-,18-/m0/s1. The maximum Gasteiger partial charge on any atom is 0.407 e. The van der Waals surface area contributed by atoms with E-state index in [0.29, 0.717) is 29.2 Å². The summed E-state index contributed by atoms with van der Waals surface area (Å²) in [6.45, 7) is 3.08. The Morgan fingerprint density at radius 1 is 1.14 bits per heavy atom. The molecular weight excluding hydrogens is 397 g/mol. The van der Waals surface area contributed by atoms with E-state index in [0.717, 1.165) is 30.6 Å². The van der Waals surface area contributed by atoms with Crippen LogP contribution in [0, 0.1) is 0 Å². The zero-order chi connectivity index (χ0) is 19.6. The van der Waals surface area contributed by atoms with Crippen LogP contribution in [0.3, 0.4) is 0 Å². The lowest BCUT2D eigenvalue weighted by Crippen LogP contribution is -2.50. The van der Waals surface area contributed by atoms with Crippen LogP contribution in [0.4, 0.5) is 16.2 Å². The summed E-state index contributed by atoms with van der Waals surface area (Å²) >= 11 is 12.6. The number of halogens is 2. The van der Waals surface area contributed by atoms with Crippen molar-refractivity contribution in [3.63, 3.8) is 0 Å². The van der Waals surface area contributed by atoms with Crippen molar-refractivity contribution in [2.75, 3.05) is 43.0 Å². The van der Waals surface area contributed by atoms with Crippen molar-refractivity contribution in [1.82, 2.24) is 4.90 Å². The van der Waals surface area contributed by atoms with Crippen LogP contribution >= 0.6 is 23.2 Å². The molecule has 3 aliphatic rings. The fraction of sp³-hybridized carbons (Fsp3) is 0.381. The molecule has 7 heteroatoms. The molecule has 5 nitrogen and oxygen atoms in total. The van der Waals surface area contributed by atoms with Gasteiger partial charge in [0.25, 0.3) is 0 Å². The van der Waals surface area contributed by atoms with Gasteiger partial charge >= 0.3 is 6.09 Å². The van der Waals surface area contributed by atoms with Gasteiger partial charge in [0, 0.05) is 60.8 Å². The number of amides is 1. The third kappa shape index (κ3) is 2.64. The zero-order valence-corrected chi connectivity index (χ0v) is 17.0. The SMILES string of the molecule is CN1CCN2c3c(cc(-c4ccc(Cl)cc4Cl)cc31)[C@@H]1CN(C(=O)O)CC[C@@H]12. The monoisotopic (exact) mass is 417 g/mol. The van der Waals surface area contributed by atoms with Gasteiger partial charge in [0.2, 0.25) is 0 Å². The number of nitrogens with zero attached hydrogens (tertiary/aromatic N) is 3. The molecule has 0 saturated carbocycles. The van der Waals surface area contributed by atoms with Crippen molar-refractivity contribution < 1.29 is 9.90 Å². The molecule has 3 heterocycles. The van der Waals surface area contributed by atoms with Crippen molar-refractivity contribution in [3.05, 3.63) is 45.9 Å². The molecule has 0 aromatic heterocycles. The third-order valence-corrected chi connectivity index (χ3v) is 6.93. The van der Waals surface area contributed by atoms with Crippen LogP contribution in [0.2, 0.25) is 10.0 Å². The van der Waals surface area contributed by atoms with Crippen LogP contribution in [0.15, 0.2) is 30.3 Å². The normalized spacial score (nSPS) is 22.9. The quantitative estimate of drug-likeness (QED) is 0.725. The van der Waals surface area contributed by atoms with Crippen LogP contribution in [0.1, 0.15) is 17.9 Å². The molecule has 5 rings (SSSR count). The van der Waals surface area contributed by atoms with E-state index in [-0.39, 0.29) is 5.92 Å². The molecule has 1 amide bonds. The third-order valence-electron chi connectivity index (χ3n) is 6.38. The molecule has 3 aliphatic heterocycles. The summed E-state index contributed by atoms with van der Waals surface area (Å²) in [5.74, 6) is 0.191. The molecule has 1 saturated heterocycles. The highest BCUT2D eigenvalue weighted by atomic mass is 35.5. The van der Waals surface area contributed by atoms with Gasteiger partial charge in [-0.3, -0.25) is 0 Å². The van der Waals surface area contributed by atoms with Crippen molar-refractivity contribution in [3.8, 4) is 11.1 Å². The Morgan fingerprint density at radius 2 is 1.96 bits per heavy atom. The van der Waals surface area contributed by atoms with Gasteiger partial charge in [-0.05, 0) is 41.8 Å². The highest BCUT2D eigenvalue weighted by Gasteiger charge is 2.45. The number of hydrogen-bond acceptors (Lipinski definition) is 3. The summed E-state index contributed by atoms with van der Waals surface area (Å²) < 4.78 is 0. The Balaban J connectivity index is 1.66. The summed E-state index contributed by atoms with van der Waals surface area (Å²) in [5, 5.41) is 10.7. The second kappa shape index (κ2) is 6.46. The van der Waals surface area contributed by atoms with Gasteiger partial charge in [0.15, 0.2) is 0 Å². The minimum absolute atomic E-state index is 0.191. The molecule has 2 aromatic rings.